The van der Waals surface area contributed by atoms with Crippen LogP contribution in [0.5, 0.6) is 0 Å². The minimum absolute atomic E-state index is 0.0228. The summed E-state index contributed by atoms with van der Waals surface area (Å²) in [5.41, 5.74) is 0.632. The second kappa shape index (κ2) is 9.75. The van der Waals surface area contributed by atoms with Crippen LogP contribution >= 0.6 is 11.6 Å². The van der Waals surface area contributed by atoms with E-state index in [2.05, 4.69) is 18.7 Å². The maximum Gasteiger partial charge on any atom is 0.253 e. The molecular formula is C22H32ClN3O2. The number of carbonyl (C=O) groups excluding carboxylic acids is 2. The fourth-order valence-corrected chi connectivity index (χ4v) is 4.85. The van der Waals surface area contributed by atoms with E-state index in [9.17, 15) is 9.59 Å². The number of hydrogen-bond donors (Lipinski definition) is 0. The van der Waals surface area contributed by atoms with E-state index in [1.807, 2.05) is 21.9 Å². The fraction of sp³-hybridized carbons (Fsp3) is 0.636. The zero-order valence-corrected chi connectivity index (χ0v) is 17.8. The molecule has 0 aromatic heterocycles. The molecule has 5 nitrogen and oxygen atoms in total. The van der Waals surface area contributed by atoms with Gasteiger partial charge in [-0.25, -0.2) is 0 Å². The van der Waals surface area contributed by atoms with Gasteiger partial charge in [-0.3, -0.25) is 14.5 Å². The Morgan fingerprint density at radius 2 is 1.75 bits per heavy atom. The van der Waals surface area contributed by atoms with Crippen LogP contribution in [0.25, 0.3) is 0 Å². The van der Waals surface area contributed by atoms with E-state index in [0.717, 1.165) is 39.0 Å². The molecule has 154 valence electrons. The fourth-order valence-electron chi connectivity index (χ4n) is 4.66. The Bertz CT molecular complexity index is 678. The third kappa shape index (κ3) is 4.69. The van der Waals surface area contributed by atoms with Crippen LogP contribution in [0.1, 0.15) is 49.9 Å². The molecule has 3 rings (SSSR count). The third-order valence-electron chi connectivity index (χ3n) is 6.24. The molecule has 0 bridgehead atoms. The Kier molecular flexibility index (Phi) is 7.36. The van der Waals surface area contributed by atoms with E-state index in [4.69, 9.17) is 11.6 Å². The first-order valence-corrected chi connectivity index (χ1v) is 11.0. The summed E-state index contributed by atoms with van der Waals surface area (Å²) in [5.74, 6) is 0.740. The molecule has 2 amide bonds. The zero-order valence-electron chi connectivity index (χ0n) is 17.1. The molecule has 1 saturated heterocycles. The number of carbonyl (C=O) groups is 2. The number of benzene rings is 1. The molecule has 1 atom stereocenters. The SMILES string of the molecule is CCN(CC)C(=O)C(C1CCCC1)N1CCN(C(=O)c2cccc(Cl)c2)CC1. The normalized spacial score (nSPS) is 19.6. The van der Waals surface area contributed by atoms with Crippen LogP contribution in [0, 0.1) is 5.92 Å². The lowest BCUT2D eigenvalue weighted by Gasteiger charge is -2.42. The molecule has 2 fully saturated rings. The van der Waals surface area contributed by atoms with Gasteiger partial charge in [0, 0.05) is 49.9 Å². The molecule has 1 aromatic carbocycles. The van der Waals surface area contributed by atoms with E-state index in [-0.39, 0.29) is 17.9 Å². The minimum Gasteiger partial charge on any atom is -0.342 e. The Hall–Kier alpha value is -1.59. The van der Waals surface area contributed by atoms with Crippen molar-refractivity contribution in [2.24, 2.45) is 5.92 Å². The molecule has 28 heavy (non-hydrogen) atoms. The molecule has 1 saturated carbocycles. The highest BCUT2D eigenvalue weighted by Crippen LogP contribution is 2.32. The van der Waals surface area contributed by atoms with Crippen molar-refractivity contribution >= 4 is 23.4 Å². The topological polar surface area (TPSA) is 43.9 Å². The van der Waals surface area contributed by atoms with Gasteiger partial charge in [0.1, 0.15) is 0 Å². The first-order chi connectivity index (χ1) is 13.5. The molecule has 2 aliphatic rings. The van der Waals surface area contributed by atoms with Crippen LogP contribution < -0.4 is 0 Å². The van der Waals surface area contributed by atoms with Gasteiger partial charge in [-0.15, -0.1) is 0 Å². The largest absolute Gasteiger partial charge is 0.342 e. The predicted molar refractivity (Wildman–Crippen MR) is 113 cm³/mol. The molecule has 1 aromatic rings. The molecule has 0 N–H and O–H groups in total. The van der Waals surface area contributed by atoms with E-state index in [0.29, 0.717) is 29.6 Å². The van der Waals surface area contributed by atoms with Gasteiger partial charge in [-0.2, -0.15) is 0 Å². The summed E-state index contributed by atoms with van der Waals surface area (Å²) < 4.78 is 0. The summed E-state index contributed by atoms with van der Waals surface area (Å²) in [5, 5.41) is 0.579. The molecule has 1 heterocycles. The molecule has 6 heteroatoms. The summed E-state index contributed by atoms with van der Waals surface area (Å²) in [6.07, 6.45) is 4.72. The van der Waals surface area contributed by atoms with Gasteiger partial charge in [0.15, 0.2) is 0 Å². The lowest BCUT2D eigenvalue weighted by Crippen LogP contribution is -2.58. The van der Waals surface area contributed by atoms with Crippen LogP contribution in [0.15, 0.2) is 24.3 Å². The van der Waals surface area contributed by atoms with Gasteiger partial charge in [0.05, 0.1) is 6.04 Å². The summed E-state index contributed by atoms with van der Waals surface area (Å²) in [6, 6.07) is 7.09. The van der Waals surface area contributed by atoms with Crippen molar-refractivity contribution in [3.63, 3.8) is 0 Å². The highest BCUT2D eigenvalue weighted by molar-refractivity contribution is 6.30. The Morgan fingerprint density at radius 3 is 2.32 bits per heavy atom. The molecule has 1 aliphatic carbocycles. The van der Waals surface area contributed by atoms with E-state index < -0.39 is 0 Å². The summed E-state index contributed by atoms with van der Waals surface area (Å²) in [7, 11) is 0. The van der Waals surface area contributed by atoms with Crippen LogP contribution in [-0.4, -0.2) is 71.8 Å². The highest BCUT2D eigenvalue weighted by Gasteiger charge is 2.38. The predicted octanol–water partition coefficient (Wildman–Crippen LogP) is 3.53. The lowest BCUT2D eigenvalue weighted by molar-refractivity contribution is -0.139. The number of likely N-dealkylation sites (N-methyl/N-ethyl adjacent to an activating group) is 1. The van der Waals surface area contributed by atoms with E-state index in [1.54, 1.807) is 12.1 Å². The van der Waals surface area contributed by atoms with Crippen molar-refractivity contribution in [2.75, 3.05) is 39.3 Å². The van der Waals surface area contributed by atoms with Crippen LogP contribution in [0.2, 0.25) is 5.02 Å². The first kappa shape index (κ1) is 21.1. The summed E-state index contributed by atoms with van der Waals surface area (Å²) in [4.78, 5) is 32.2. The molecular weight excluding hydrogens is 374 g/mol. The van der Waals surface area contributed by atoms with Crippen molar-refractivity contribution in [1.82, 2.24) is 14.7 Å². The van der Waals surface area contributed by atoms with E-state index >= 15 is 0 Å². The number of hydrogen-bond acceptors (Lipinski definition) is 3. The Balaban J connectivity index is 1.67. The minimum atomic E-state index is -0.0363. The Labute approximate surface area is 173 Å². The summed E-state index contributed by atoms with van der Waals surface area (Å²) >= 11 is 6.04. The van der Waals surface area contributed by atoms with Crippen LogP contribution in [0.3, 0.4) is 0 Å². The molecule has 0 spiro atoms. The first-order valence-electron chi connectivity index (χ1n) is 10.6. The lowest BCUT2D eigenvalue weighted by atomic mass is 9.94. The maximum atomic E-state index is 13.3. The molecule has 0 radical (unpaired) electrons. The summed E-state index contributed by atoms with van der Waals surface area (Å²) in [6.45, 7) is 8.42. The van der Waals surface area contributed by atoms with Crippen molar-refractivity contribution < 1.29 is 9.59 Å². The second-order valence-corrected chi connectivity index (χ2v) is 8.27. The van der Waals surface area contributed by atoms with Gasteiger partial charge in [0.2, 0.25) is 5.91 Å². The van der Waals surface area contributed by atoms with Gasteiger partial charge in [-0.05, 0) is 50.8 Å². The van der Waals surface area contributed by atoms with Gasteiger partial charge in [-0.1, -0.05) is 30.5 Å². The van der Waals surface area contributed by atoms with Gasteiger partial charge in [0.25, 0.3) is 5.91 Å². The second-order valence-electron chi connectivity index (χ2n) is 7.84. The molecule has 1 unspecified atom stereocenters. The van der Waals surface area contributed by atoms with Gasteiger partial charge >= 0.3 is 0 Å². The van der Waals surface area contributed by atoms with Crippen molar-refractivity contribution in [1.29, 1.82) is 0 Å². The zero-order chi connectivity index (χ0) is 20.1. The smallest absolute Gasteiger partial charge is 0.253 e. The van der Waals surface area contributed by atoms with Crippen molar-refractivity contribution in [2.45, 2.75) is 45.6 Å². The van der Waals surface area contributed by atoms with E-state index in [1.165, 1.54) is 12.8 Å². The highest BCUT2D eigenvalue weighted by atomic mass is 35.5. The number of nitrogens with zero attached hydrogens (tertiary/aromatic N) is 3. The van der Waals surface area contributed by atoms with Crippen LogP contribution in [0.4, 0.5) is 0 Å². The number of amides is 2. The monoisotopic (exact) mass is 405 g/mol. The standard InChI is InChI=1S/C22H32ClN3O2/c1-3-24(4-2)22(28)20(17-8-5-6-9-17)25-12-14-26(15-13-25)21(27)18-10-7-11-19(23)16-18/h7,10-11,16-17,20H,3-6,8-9,12-15H2,1-2H3. The number of halogens is 1. The Morgan fingerprint density at radius 1 is 1.11 bits per heavy atom. The average molecular weight is 406 g/mol. The van der Waals surface area contributed by atoms with Gasteiger partial charge < -0.3 is 9.80 Å². The third-order valence-corrected chi connectivity index (χ3v) is 6.48. The quantitative estimate of drug-likeness (QED) is 0.727. The van der Waals surface area contributed by atoms with Crippen LogP contribution in [-0.2, 0) is 4.79 Å². The van der Waals surface area contributed by atoms with Crippen molar-refractivity contribution in [3.8, 4) is 0 Å². The average Bonchev–Trinajstić information content (AvgIpc) is 3.23. The molecule has 1 aliphatic heterocycles. The van der Waals surface area contributed by atoms with Crippen molar-refractivity contribution in [3.05, 3.63) is 34.9 Å². The number of piperazine rings is 1. The maximum absolute atomic E-state index is 13.3. The number of rotatable bonds is 6.